The summed E-state index contributed by atoms with van der Waals surface area (Å²) in [6.07, 6.45) is 6.96. The second-order valence-corrected chi connectivity index (χ2v) is 6.08. The van der Waals surface area contributed by atoms with Gasteiger partial charge in [-0.15, -0.1) is 0 Å². The molecule has 0 aliphatic heterocycles. The summed E-state index contributed by atoms with van der Waals surface area (Å²) in [4.78, 5) is 18.4. The zero-order valence-corrected chi connectivity index (χ0v) is 14.7. The highest BCUT2D eigenvalue weighted by atomic mass is 16.5. The van der Waals surface area contributed by atoms with Gasteiger partial charge in [0.2, 0.25) is 0 Å². The summed E-state index contributed by atoms with van der Waals surface area (Å²) >= 11 is 0. The first kappa shape index (κ1) is 16.7. The van der Waals surface area contributed by atoms with Crippen molar-refractivity contribution in [2.45, 2.75) is 6.54 Å². The molecule has 0 aliphatic rings. The summed E-state index contributed by atoms with van der Waals surface area (Å²) in [5.74, 6) is 0.497. The minimum atomic E-state index is -0.108. The van der Waals surface area contributed by atoms with Crippen LogP contribution in [0.1, 0.15) is 16.1 Å². The number of amides is 1. The predicted octanol–water partition coefficient (Wildman–Crippen LogP) is 3.19. The van der Waals surface area contributed by atoms with E-state index in [2.05, 4.69) is 15.2 Å². The molecule has 0 saturated heterocycles. The molecular weight excluding hydrogens is 342 g/mol. The van der Waals surface area contributed by atoms with E-state index < -0.39 is 0 Å². The third-order valence-electron chi connectivity index (χ3n) is 4.12. The molecule has 0 bridgehead atoms. The molecular formula is C20H17N5O2. The molecule has 0 aliphatic carbocycles. The second-order valence-electron chi connectivity index (χ2n) is 6.08. The first-order chi connectivity index (χ1) is 13.2. The van der Waals surface area contributed by atoms with Gasteiger partial charge in [0.25, 0.3) is 5.91 Å². The van der Waals surface area contributed by atoms with Crippen molar-refractivity contribution in [3.05, 3.63) is 84.6 Å². The van der Waals surface area contributed by atoms with Crippen molar-refractivity contribution in [2.75, 3.05) is 7.05 Å². The molecule has 0 N–H and O–H groups in total. The molecule has 3 heterocycles. The fourth-order valence-electron chi connectivity index (χ4n) is 2.77. The monoisotopic (exact) mass is 359 g/mol. The van der Waals surface area contributed by atoms with Gasteiger partial charge in [0.15, 0.2) is 5.76 Å². The van der Waals surface area contributed by atoms with Crippen LogP contribution < -0.4 is 0 Å². The summed E-state index contributed by atoms with van der Waals surface area (Å²) in [5, 5.41) is 8.25. The predicted molar refractivity (Wildman–Crippen MR) is 99.1 cm³/mol. The standard InChI is InChI=1S/C20H17N5O2/c1-24(14-18-12-19(23-27-18)16-6-3-8-21-13-16)20(26)15-5-2-7-17(11-15)25-10-4-9-22-25/h2-13H,14H2,1H3. The number of hydrogen-bond acceptors (Lipinski definition) is 5. The van der Waals surface area contributed by atoms with Gasteiger partial charge in [-0.2, -0.15) is 5.10 Å². The molecule has 0 unspecified atom stereocenters. The molecule has 134 valence electrons. The van der Waals surface area contributed by atoms with Crippen LogP contribution in [-0.4, -0.2) is 37.8 Å². The maximum absolute atomic E-state index is 12.8. The van der Waals surface area contributed by atoms with Crippen molar-refractivity contribution >= 4 is 5.91 Å². The van der Waals surface area contributed by atoms with Crippen LogP contribution in [-0.2, 0) is 6.54 Å². The van der Waals surface area contributed by atoms with E-state index >= 15 is 0 Å². The van der Waals surface area contributed by atoms with Gasteiger partial charge in [-0.25, -0.2) is 4.68 Å². The van der Waals surface area contributed by atoms with Gasteiger partial charge in [-0.05, 0) is 36.4 Å². The van der Waals surface area contributed by atoms with Crippen LogP contribution in [0.15, 0.2) is 77.8 Å². The van der Waals surface area contributed by atoms with Crippen LogP contribution in [0.2, 0.25) is 0 Å². The van der Waals surface area contributed by atoms with Gasteiger partial charge >= 0.3 is 0 Å². The number of rotatable bonds is 5. The number of aromatic nitrogens is 4. The van der Waals surface area contributed by atoms with Gasteiger partial charge in [0.1, 0.15) is 5.69 Å². The van der Waals surface area contributed by atoms with Crippen LogP contribution in [0.5, 0.6) is 0 Å². The van der Waals surface area contributed by atoms with Gasteiger partial charge < -0.3 is 9.42 Å². The maximum Gasteiger partial charge on any atom is 0.254 e. The Morgan fingerprint density at radius 3 is 2.85 bits per heavy atom. The Kier molecular flexibility index (Phi) is 4.49. The van der Waals surface area contributed by atoms with E-state index in [0.29, 0.717) is 23.6 Å². The van der Waals surface area contributed by atoms with E-state index in [1.165, 1.54) is 0 Å². The third kappa shape index (κ3) is 3.62. The summed E-state index contributed by atoms with van der Waals surface area (Å²) in [7, 11) is 1.73. The molecule has 0 spiro atoms. The van der Waals surface area contributed by atoms with Crippen molar-refractivity contribution in [2.24, 2.45) is 0 Å². The lowest BCUT2D eigenvalue weighted by Crippen LogP contribution is -2.26. The Balaban J connectivity index is 1.49. The molecule has 4 aromatic rings. The zero-order valence-electron chi connectivity index (χ0n) is 14.7. The minimum Gasteiger partial charge on any atom is -0.359 e. The number of hydrogen-bond donors (Lipinski definition) is 0. The van der Waals surface area contributed by atoms with Crippen LogP contribution in [0.3, 0.4) is 0 Å². The van der Waals surface area contributed by atoms with E-state index in [0.717, 1.165) is 11.3 Å². The van der Waals surface area contributed by atoms with E-state index in [4.69, 9.17) is 4.52 Å². The zero-order chi connectivity index (χ0) is 18.6. The molecule has 0 fully saturated rings. The largest absolute Gasteiger partial charge is 0.359 e. The Morgan fingerprint density at radius 1 is 1.15 bits per heavy atom. The maximum atomic E-state index is 12.8. The molecule has 0 atom stereocenters. The van der Waals surface area contributed by atoms with Gasteiger partial charge in [-0.1, -0.05) is 11.2 Å². The van der Waals surface area contributed by atoms with Crippen LogP contribution in [0.25, 0.3) is 16.9 Å². The third-order valence-corrected chi connectivity index (χ3v) is 4.12. The van der Waals surface area contributed by atoms with Crippen molar-refractivity contribution in [3.63, 3.8) is 0 Å². The van der Waals surface area contributed by atoms with Crippen LogP contribution >= 0.6 is 0 Å². The lowest BCUT2D eigenvalue weighted by atomic mass is 10.1. The fraction of sp³-hybridized carbons (Fsp3) is 0.100. The van der Waals surface area contributed by atoms with Crippen molar-refractivity contribution in [1.29, 1.82) is 0 Å². The van der Waals surface area contributed by atoms with Crippen LogP contribution in [0, 0.1) is 0 Å². The van der Waals surface area contributed by atoms with E-state index in [9.17, 15) is 4.79 Å². The summed E-state index contributed by atoms with van der Waals surface area (Å²) < 4.78 is 7.09. The highest BCUT2D eigenvalue weighted by Crippen LogP contribution is 2.19. The molecule has 3 aromatic heterocycles. The number of nitrogens with zero attached hydrogens (tertiary/aromatic N) is 5. The number of benzene rings is 1. The molecule has 7 nitrogen and oxygen atoms in total. The van der Waals surface area contributed by atoms with E-state index in [-0.39, 0.29) is 5.91 Å². The van der Waals surface area contributed by atoms with Crippen molar-refractivity contribution in [1.82, 2.24) is 24.8 Å². The lowest BCUT2D eigenvalue weighted by molar-refractivity contribution is 0.0772. The Bertz CT molecular complexity index is 1040. The first-order valence-corrected chi connectivity index (χ1v) is 8.42. The highest BCUT2D eigenvalue weighted by Gasteiger charge is 2.16. The number of pyridine rings is 1. The first-order valence-electron chi connectivity index (χ1n) is 8.42. The van der Waals surface area contributed by atoms with E-state index in [1.54, 1.807) is 41.3 Å². The fourth-order valence-corrected chi connectivity index (χ4v) is 2.77. The summed E-state index contributed by atoms with van der Waals surface area (Å²) in [5.41, 5.74) is 2.98. The Labute approximate surface area is 155 Å². The molecule has 4 rings (SSSR count). The van der Waals surface area contributed by atoms with Gasteiger partial charge in [-0.3, -0.25) is 9.78 Å². The highest BCUT2D eigenvalue weighted by molar-refractivity contribution is 5.94. The topological polar surface area (TPSA) is 77.0 Å². The summed E-state index contributed by atoms with van der Waals surface area (Å²) in [6, 6.07) is 14.7. The SMILES string of the molecule is CN(Cc1cc(-c2cccnc2)no1)C(=O)c1cccc(-n2cccn2)c1. The Hall–Kier alpha value is -3.74. The normalized spacial score (nSPS) is 10.7. The Morgan fingerprint density at radius 2 is 2.07 bits per heavy atom. The number of carbonyl (C=O) groups excluding carboxylic acids is 1. The average molecular weight is 359 g/mol. The molecule has 1 aromatic carbocycles. The second kappa shape index (κ2) is 7.25. The van der Waals surface area contributed by atoms with E-state index in [1.807, 2.05) is 48.7 Å². The average Bonchev–Trinajstić information content (AvgIpc) is 3.40. The molecule has 27 heavy (non-hydrogen) atoms. The van der Waals surface area contributed by atoms with Gasteiger partial charge in [0, 0.05) is 49.0 Å². The van der Waals surface area contributed by atoms with Crippen molar-refractivity contribution in [3.8, 4) is 16.9 Å². The minimum absolute atomic E-state index is 0.108. The van der Waals surface area contributed by atoms with Crippen molar-refractivity contribution < 1.29 is 9.32 Å². The smallest absolute Gasteiger partial charge is 0.254 e. The number of carbonyl (C=O) groups is 1. The summed E-state index contributed by atoms with van der Waals surface area (Å²) in [6.45, 7) is 0.318. The molecule has 7 heteroatoms. The molecule has 0 radical (unpaired) electrons. The lowest BCUT2D eigenvalue weighted by Gasteiger charge is -2.15. The molecule has 1 amide bonds. The van der Waals surface area contributed by atoms with Gasteiger partial charge in [0.05, 0.1) is 12.2 Å². The quantitative estimate of drug-likeness (QED) is 0.547. The molecule has 0 saturated carbocycles. The van der Waals surface area contributed by atoms with Crippen LogP contribution in [0.4, 0.5) is 0 Å².